The van der Waals surface area contributed by atoms with Crippen LogP contribution < -0.4 is 0 Å². The maximum Gasteiger partial charge on any atom is 0.105 e. The molecule has 4 heteroatoms. The SMILES string of the molecule is C=CCOCC(COCC(C)OCC=C)OCC=C. The molecular weight excluding hydrogens is 244 g/mol. The van der Waals surface area contributed by atoms with E-state index < -0.39 is 0 Å². The highest BCUT2D eigenvalue weighted by Crippen LogP contribution is 1.99. The van der Waals surface area contributed by atoms with E-state index in [1.165, 1.54) is 0 Å². The maximum atomic E-state index is 5.56. The van der Waals surface area contributed by atoms with Gasteiger partial charge >= 0.3 is 0 Å². The fourth-order valence-corrected chi connectivity index (χ4v) is 1.28. The molecule has 0 bridgehead atoms. The lowest BCUT2D eigenvalue weighted by molar-refractivity contribution is -0.0672. The number of hydrogen-bond acceptors (Lipinski definition) is 4. The molecule has 0 amide bonds. The molecule has 0 N–H and O–H groups in total. The minimum absolute atomic E-state index is 0.0344. The first-order valence-corrected chi connectivity index (χ1v) is 6.46. The molecule has 0 heterocycles. The lowest BCUT2D eigenvalue weighted by Gasteiger charge is -2.18. The van der Waals surface area contributed by atoms with Crippen molar-refractivity contribution >= 4 is 0 Å². The van der Waals surface area contributed by atoms with Crippen LogP contribution in [0.3, 0.4) is 0 Å². The molecular formula is C15H26O4. The summed E-state index contributed by atoms with van der Waals surface area (Å²) in [6, 6.07) is 0. The molecule has 0 saturated carbocycles. The topological polar surface area (TPSA) is 36.9 Å². The summed E-state index contributed by atoms with van der Waals surface area (Å²) < 4.78 is 21.9. The summed E-state index contributed by atoms with van der Waals surface area (Å²) in [5.74, 6) is 0. The van der Waals surface area contributed by atoms with E-state index >= 15 is 0 Å². The summed E-state index contributed by atoms with van der Waals surface area (Å²) in [7, 11) is 0. The van der Waals surface area contributed by atoms with Gasteiger partial charge in [-0.15, -0.1) is 19.7 Å². The van der Waals surface area contributed by atoms with Crippen LogP contribution in [0.5, 0.6) is 0 Å². The molecule has 0 radical (unpaired) electrons. The lowest BCUT2D eigenvalue weighted by Crippen LogP contribution is -2.28. The van der Waals surface area contributed by atoms with E-state index in [1.54, 1.807) is 18.2 Å². The molecule has 0 aromatic rings. The van der Waals surface area contributed by atoms with E-state index in [2.05, 4.69) is 19.7 Å². The fourth-order valence-electron chi connectivity index (χ4n) is 1.28. The molecule has 0 fully saturated rings. The van der Waals surface area contributed by atoms with Crippen molar-refractivity contribution in [2.45, 2.75) is 19.1 Å². The molecule has 2 atom stereocenters. The third-order valence-electron chi connectivity index (χ3n) is 2.14. The minimum Gasteiger partial charge on any atom is -0.376 e. The van der Waals surface area contributed by atoms with Crippen LogP contribution in [-0.4, -0.2) is 51.8 Å². The van der Waals surface area contributed by atoms with Gasteiger partial charge in [-0.25, -0.2) is 0 Å². The highest BCUT2D eigenvalue weighted by Gasteiger charge is 2.10. The molecule has 2 unspecified atom stereocenters. The van der Waals surface area contributed by atoms with Gasteiger partial charge in [-0.3, -0.25) is 0 Å². The zero-order chi connectivity index (χ0) is 14.3. The van der Waals surface area contributed by atoms with Crippen LogP contribution >= 0.6 is 0 Å². The van der Waals surface area contributed by atoms with Crippen LogP contribution in [0.1, 0.15) is 6.92 Å². The molecule has 0 aliphatic heterocycles. The molecule has 0 spiro atoms. The monoisotopic (exact) mass is 270 g/mol. The highest BCUT2D eigenvalue weighted by atomic mass is 16.6. The van der Waals surface area contributed by atoms with Gasteiger partial charge in [0, 0.05) is 0 Å². The van der Waals surface area contributed by atoms with Crippen LogP contribution in [0.4, 0.5) is 0 Å². The van der Waals surface area contributed by atoms with Crippen LogP contribution in [0, 0.1) is 0 Å². The Morgan fingerprint density at radius 1 is 0.789 bits per heavy atom. The van der Waals surface area contributed by atoms with Crippen molar-refractivity contribution in [3.63, 3.8) is 0 Å². The Bertz CT molecular complexity index is 240. The average Bonchev–Trinajstić information content (AvgIpc) is 2.42. The van der Waals surface area contributed by atoms with Gasteiger partial charge < -0.3 is 18.9 Å². The second-order valence-electron chi connectivity index (χ2n) is 4.04. The molecule has 0 aromatic heterocycles. The maximum absolute atomic E-state index is 5.56. The Labute approximate surface area is 116 Å². The van der Waals surface area contributed by atoms with Gasteiger partial charge in [-0.05, 0) is 6.92 Å². The average molecular weight is 270 g/mol. The first-order chi connectivity index (χ1) is 9.24. The predicted molar refractivity (Wildman–Crippen MR) is 77.4 cm³/mol. The van der Waals surface area contributed by atoms with E-state index in [4.69, 9.17) is 18.9 Å². The van der Waals surface area contributed by atoms with Crippen molar-refractivity contribution in [3.8, 4) is 0 Å². The Kier molecular flexibility index (Phi) is 12.8. The zero-order valence-electron chi connectivity index (χ0n) is 11.9. The molecule has 19 heavy (non-hydrogen) atoms. The smallest absolute Gasteiger partial charge is 0.105 e. The van der Waals surface area contributed by atoms with Gasteiger partial charge in [0.1, 0.15) is 6.10 Å². The second kappa shape index (κ2) is 13.5. The van der Waals surface area contributed by atoms with Gasteiger partial charge in [0.25, 0.3) is 0 Å². The summed E-state index contributed by atoms with van der Waals surface area (Å²) >= 11 is 0. The lowest BCUT2D eigenvalue weighted by atomic mass is 10.4. The summed E-state index contributed by atoms with van der Waals surface area (Å²) in [5.41, 5.74) is 0. The number of ether oxygens (including phenoxy) is 4. The van der Waals surface area contributed by atoms with Crippen LogP contribution in [0.15, 0.2) is 38.0 Å². The summed E-state index contributed by atoms with van der Waals surface area (Å²) in [6.07, 6.45) is 5.06. The molecule has 110 valence electrons. The van der Waals surface area contributed by atoms with E-state index in [-0.39, 0.29) is 12.2 Å². The van der Waals surface area contributed by atoms with Crippen molar-refractivity contribution in [1.29, 1.82) is 0 Å². The van der Waals surface area contributed by atoms with Crippen molar-refractivity contribution in [1.82, 2.24) is 0 Å². The van der Waals surface area contributed by atoms with Crippen molar-refractivity contribution in [3.05, 3.63) is 38.0 Å². The predicted octanol–water partition coefficient (Wildman–Crippen LogP) is 2.37. The highest BCUT2D eigenvalue weighted by molar-refractivity contribution is 4.69. The van der Waals surface area contributed by atoms with Crippen molar-refractivity contribution < 1.29 is 18.9 Å². The Hall–Kier alpha value is -0.940. The summed E-state index contributed by atoms with van der Waals surface area (Å²) in [4.78, 5) is 0. The zero-order valence-corrected chi connectivity index (χ0v) is 11.9. The van der Waals surface area contributed by atoms with Gasteiger partial charge in [0.2, 0.25) is 0 Å². The van der Waals surface area contributed by atoms with Crippen LogP contribution in [-0.2, 0) is 18.9 Å². The van der Waals surface area contributed by atoms with Gasteiger partial charge in [0.05, 0.1) is 45.7 Å². The first kappa shape index (κ1) is 18.1. The fraction of sp³-hybridized carbons (Fsp3) is 0.600. The van der Waals surface area contributed by atoms with Gasteiger partial charge in [0.15, 0.2) is 0 Å². The Morgan fingerprint density at radius 3 is 2.00 bits per heavy atom. The normalized spacial score (nSPS) is 13.7. The van der Waals surface area contributed by atoms with Crippen molar-refractivity contribution in [2.75, 3.05) is 39.6 Å². The molecule has 0 aromatic carbocycles. The molecule has 0 aliphatic rings. The number of hydrogen-bond donors (Lipinski definition) is 0. The largest absolute Gasteiger partial charge is 0.376 e. The Morgan fingerprint density at radius 2 is 1.37 bits per heavy atom. The number of rotatable bonds is 14. The van der Waals surface area contributed by atoms with E-state index in [0.29, 0.717) is 39.6 Å². The first-order valence-electron chi connectivity index (χ1n) is 6.46. The molecule has 0 rings (SSSR count). The third-order valence-corrected chi connectivity index (χ3v) is 2.14. The second-order valence-corrected chi connectivity index (χ2v) is 4.04. The molecule has 0 aliphatic carbocycles. The standard InChI is InChI=1S/C15H26O4/c1-5-8-16-12-15(19-10-7-3)13-17-11-14(4)18-9-6-2/h5-7,14-15H,1-3,8-13H2,4H3. The minimum atomic E-state index is -0.107. The summed E-state index contributed by atoms with van der Waals surface area (Å²) in [6.45, 7) is 15.7. The summed E-state index contributed by atoms with van der Waals surface area (Å²) in [5, 5.41) is 0. The Balaban J connectivity index is 3.78. The van der Waals surface area contributed by atoms with Crippen molar-refractivity contribution in [2.24, 2.45) is 0 Å². The van der Waals surface area contributed by atoms with Gasteiger partial charge in [-0.1, -0.05) is 18.2 Å². The van der Waals surface area contributed by atoms with E-state index in [0.717, 1.165) is 0 Å². The van der Waals surface area contributed by atoms with E-state index in [9.17, 15) is 0 Å². The van der Waals surface area contributed by atoms with Crippen LogP contribution in [0.2, 0.25) is 0 Å². The van der Waals surface area contributed by atoms with Crippen LogP contribution in [0.25, 0.3) is 0 Å². The molecule has 4 nitrogen and oxygen atoms in total. The third kappa shape index (κ3) is 11.9. The van der Waals surface area contributed by atoms with E-state index in [1.807, 2.05) is 6.92 Å². The van der Waals surface area contributed by atoms with Gasteiger partial charge in [-0.2, -0.15) is 0 Å². The molecule has 0 saturated heterocycles. The quantitative estimate of drug-likeness (QED) is 0.359.